The van der Waals surface area contributed by atoms with Gasteiger partial charge in [-0.2, -0.15) is 0 Å². The van der Waals surface area contributed by atoms with Crippen LogP contribution in [0.15, 0.2) is 0 Å². The Balaban J connectivity index is 3.31. The number of hydrogen-bond acceptors (Lipinski definition) is 4. The molecule has 1 unspecified atom stereocenters. The second kappa shape index (κ2) is 8.68. The SMILES string of the molecule is COC(=O)CCCNC(C)CCN(C)C. The van der Waals surface area contributed by atoms with Crippen molar-refractivity contribution in [3.05, 3.63) is 0 Å². The Hall–Kier alpha value is -0.610. The number of carbonyl (C=O) groups excluding carboxylic acids is 1. The third-order valence-electron chi connectivity index (χ3n) is 2.29. The minimum Gasteiger partial charge on any atom is -0.469 e. The average molecular weight is 216 g/mol. The highest BCUT2D eigenvalue weighted by atomic mass is 16.5. The van der Waals surface area contributed by atoms with Gasteiger partial charge in [0.2, 0.25) is 0 Å². The van der Waals surface area contributed by atoms with Crippen molar-refractivity contribution < 1.29 is 9.53 Å². The molecule has 90 valence electrons. The Labute approximate surface area is 93.0 Å². The Kier molecular flexibility index (Phi) is 8.33. The van der Waals surface area contributed by atoms with Gasteiger partial charge in [-0.3, -0.25) is 4.79 Å². The van der Waals surface area contributed by atoms with E-state index in [-0.39, 0.29) is 5.97 Å². The first-order chi connectivity index (χ1) is 7.06. The standard InChI is InChI=1S/C11H24N2O2/c1-10(7-9-13(2)3)12-8-5-6-11(14)15-4/h10,12H,5-9H2,1-4H3. The molecule has 4 nitrogen and oxygen atoms in total. The molecule has 4 heteroatoms. The van der Waals surface area contributed by atoms with Crippen LogP contribution in [0.5, 0.6) is 0 Å². The molecule has 0 aliphatic rings. The van der Waals surface area contributed by atoms with Gasteiger partial charge in [-0.25, -0.2) is 0 Å². The molecule has 0 saturated carbocycles. The van der Waals surface area contributed by atoms with Crippen LogP contribution in [0.25, 0.3) is 0 Å². The number of hydrogen-bond donors (Lipinski definition) is 1. The summed E-state index contributed by atoms with van der Waals surface area (Å²) in [6.07, 6.45) is 2.48. The molecule has 0 saturated heterocycles. The van der Waals surface area contributed by atoms with Gasteiger partial charge in [-0.15, -0.1) is 0 Å². The van der Waals surface area contributed by atoms with E-state index in [0.29, 0.717) is 12.5 Å². The van der Waals surface area contributed by atoms with Crippen LogP contribution in [-0.4, -0.2) is 51.2 Å². The minimum atomic E-state index is -0.127. The second-order valence-electron chi connectivity index (χ2n) is 4.13. The fourth-order valence-electron chi connectivity index (χ4n) is 1.24. The highest BCUT2D eigenvalue weighted by Gasteiger charge is 2.03. The van der Waals surface area contributed by atoms with Gasteiger partial charge < -0.3 is 15.0 Å². The van der Waals surface area contributed by atoms with Gasteiger partial charge in [0.15, 0.2) is 0 Å². The van der Waals surface area contributed by atoms with Crippen LogP contribution in [-0.2, 0) is 9.53 Å². The molecular weight excluding hydrogens is 192 g/mol. The van der Waals surface area contributed by atoms with E-state index in [1.165, 1.54) is 7.11 Å². The Bertz CT molecular complexity index is 172. The predicted octanol–water partition coefficient (Wildman–Crippen LogP) is 0.869. The second-order valence-corrected chi connectivity index (χ2v) is 4.13. The van der Waals surface area contributed by atoms with E-state index >= 15 is 0 Å². The highest BCUT2D eigenvalue weighted by Crippen LogP contribution is 1.94. The Morgan fingerprint density at radius 3 is 2.67 bits per heavy atom. The largest absolute Gasteiger partial charge is 0.469 e. The molecule has 0 aliphatic carbocycles. The normalized spacial score (nSPS) is 12.9. The van der Waals surface area contributed by atoms with E-state index in [9.17, 15) is 4.79 Å². The van der Waals surface area contributed by atoms with Crippen molar-refractivity contribution in [3.63, 3.8) is 0 Å². The van der Waals surface area contributed by atoms with Crippen LogP contribution in [0.2, 0.25) is 0 Å². The maximum Gasteiger partial charge on any atom is 0.305 e. The molecule has 0 bridgehead atoms. The van der Waals surface area contributed by atoms with Gasteiger partial charge in [0.25, 0.3) is 0 Å². The molecule has 1 atom stereocenters. The first kappa shape index (κ1) is 14.4. The molecule has 0 amide bonds. The summed E-state index contributed by atoms with van der Waals surface area (Å²) in [7, 11) is 5.57. The first-order valence-corrected chi connectivity index (χ1v) is 5.51. The predicted molar refractivity (Wildman–Crippen MR) is 61.9 cm³/mol. The molecule has 0 radical (unpaired) electrons. The van der Waals surface area contributed by atoms with Gasteiger partial charge in [-0.05, 0) is 47.0 Å². The van der Waals surface area contributed by atoms with Crippen LogP contribution >= 0.6 is 0 Å². The maximum atomic E-state index is 10.8. The molecule has 0 aliphatic heterocycles. The number of rotatable bonds is 8. The smallest absolute Gasteiger partial charge is 0.305 e. The van der Waals surface area contributed by atoms with E-state index in [2.05, 4.69) is 36.0 Å². The van der Waals surface area contributed by atoms with Crippen LogP contribution in [0.4, 0.5) is 0 Å². The molecule has 0 aromatic heterocycles. The van der Waals surface area contributed by atoms with Gasteiger partial charge in [0.05, 0.1) is 7.11 Å². The molecule has 15 heavy (non-hydrogen) atoms. The van der Waals surface area contributed by atoms with Crippen molar-refractivity contribution in [2.24, 2.45) is 0 Å². The zero-order chi connectivity index (χ0) is 11.7. The van der Waals surface area contributed by atoms with Gasteiger partial charge >= 0.3 is 5.97 Å². The van der Waals surface area contributed by atoms with Crippen LogP contribution in [0.3, 0.4) is 0 Å². The molecule has 0 spiro atoms. The van der Waals surface area contributed by atoms with E-state index in [4.69, 9.17) is 0 Å². The topological polar surface area (TPSA) is 41.6 Å². The molecule has 0 aromatic carbocycles. The summed E-state index contributed by atoms with van der Waals surface area (Å²) in [5, 5.41) is 3.38. The van der Waals surface area contributed by atoms with Crippen molar-refractivity contribution in [1.29, 1.82) is 0 Å². The number of ether oxygens (including phenoxy) is 1. The van der Waals surface area contributed by atoms with Crippen molar-refractivity contribution in [2.45, 2.75) is 32.2 Å². The minimum absolute atomic E-state index is 0.127. The van der Waals surface area contributed by atoms with Crippen molar-refractivity contribution in [1.82, 2.24) is 10.2 Å². The summed E-state index contributed by atoms with van der Waals surface area (Å²) in [6.45, 7) is 4.14. The fraction of sp³-hybridized carbons (Fsp3) is 0.909. The van der Waals surface area contributed by atoms with E-state index in [1.54, 1.807) is 0 Å². The van der Waals surface area contributed by atoms with E-state index < -0.39 is 0 Å². The lowest BCUT2D eigenvalue weighted by atomic mass is 10.2. The lowest BCUT2D eigenvalue weighted by molar-refractivity contribution is -0.140. The molecule has 0 heterocycles. The van der Waals surface area contributed by atoms with Crippen LogP contribution in [0.1, 0.15) is 26.2 Å². The molecule has 0 aromatic rings. The highest BCUT2D eigenvalue weighted by molar-refractivity contribution is 5.69. The van der Waals surface area contributed by atoms with Crippen LogP contribution in [0, 0.1) is 0 Å². The fourth-order valence-corrected chi connectivity index (χ4v) is 1.24. The monoisotopic (exact) mass is 216 g/mol. The first-order valence-electron chi connectivity index (χ1n) is 5.51. The van der Waals surface area contributed by atoms with Crippen LogP contribution < -0.4 is 5.32 Å². The lowest BCUT2D eigenvalue weighted by Crippen LogP contribution is -2.30. The average Bonchev–Trinajstić information content (AvgIpc) is 2.21. The number of nitrogens with one attached hydrogen (secondary N) is 1. The zero-order valence-corrected chi connectivity index (χ0v) is 10.4. The Morgan fingerprint density at radius 1 is 1.47 bits per heavy atom. The third kappa shape index (κ3) is 9.69. The summed E-state index contributed by atoms with van der Waals surface area (Å²) in [5.41, 5.74) is 0. The van der Waals surface area contributed by atoms with Gasteiger partial charge in [0, 0.05) is 12.5 Å². The van der Waals surface area contributed by atoms with Gasteiger partial charge in [-0.1, -0.05) is 0 Å². The number of carbonyl (C=O) groups is 1. The number of esters is 1. The van der Waals surface area contributed by atoms with Crippen molar-refractivity contribution >= 4 is 5.97 Å². The molecule has 0 rings (SSSR count). The number of nitrogens with zero attached hydrogens (tertiary/aromatic N) is 1. The van der Waals surface area contributed by atoms with E-state index in [1.807, 2.05) is 0 Å². The molecular formula is C11H24N2O2. The zero-order valence-electron chi connectivity index (χ0n) is 10.4. The quantitative estimate of drug-likeness (QED) is 0.483. The van der Waals surface area contributed by atoms with E-state index in [0.717, 1.165) is 25.9 Å². The maximum absolute atomic E-state index is 10.8. The number of methoxy groups -OCH3 is 1. The summed E-state index contributed by atoms with van der Waals surface area (Å²) < 4.78 is 4.56. The summed E-state index contributed by atoms with van der Waals surface area (Å²) >= 11 is 0. The molecule has 1 N–H and O–H groups in total. The lowest BCUT2D eigenvalue weighted by Gasteiger charge is -2.16. The summed E-state index contributed by atoms with van der Waals surface area (Å²) in [4.78, 5) is 13.0. The van der Waals surface area contributed by atoms with Gasteiger partial charge in [0.1, 0.15) is 0 Å². The third-order valence-corrected chi connectivity index (χ3v) is 2.29. The van der Waals surface area contributed by atoms with Crippen molar-refractivity contribution in [2.75, 3.05) is 34.3 Å². The van der Waals surface area contributed by atoms with Crippen molar-refractivity contribution in [3.8, 4) is 0 Å². The Morgan fingerprint density at radius 2 is 2.13 bits per heavy atom. The summed E-state index contributed by atoms with van der Waals surface area (Å²) in [6, 6.07) is 0.505. The summed E-state index contributed by atoms with van der Waals surface area (Å²) in [5.74, 6) is -0.127. The molecule has 0 fully saturated rings.